The minimum Gasteiger partial charge on any atom is -0.391 e. The van der Waals surface area contributed by atoms with Crippen molar-refractivity contribution in [1.29, 1.82) is 0 Å². The summed E-state index contributed by atoms with van der Waals surface area (Å²) in [6.07, 6.45) is 2.30. The average molecular weight is 1260 g/mol. The van der Waals surface area contributed by atoms with Crippen LogP contribution >= 0.6 is 22.7 Å². The van der Waals surface area contributed by atoms with Crippen molar-refractivity contribution in [3.63, 3.8) is 0 Å². The van der Waals surface area contributed by atoms with E-state index in [0.29, 0.717) is 79.6 Å². The number of rotatable bonds is 16. The number of β-amino-alcohol motifs (C(OH)–C–C–N with tert-alkyl or cyclic N) is 1. The minimum absolute atomic E-state index is 0.0432. The predicted octanol–water partition coefficient (Wildman–Crippen LogP) is 9.30. The fourth-order valence-electron chi connectivity index (χ4n) is 11.9. The van der Waals surface area contributed by atoms with Crippen molar-refractivity contribution >= 4 is 89.1 Å². The van der Waals surface area contributed by atoms with Crippen molar-refractivity contribution in [2.75, 3.05) is 41.3 Å². The first-order valence-corrected chi connectivity index (χ1v) is 33.1. The Kier molecular flexibility index (Phi) is 17.7. The highest BCUT2D eigenvalue weighted by Gasteiger charge is 2.45. The third-order valence-corrected chi connectivity index (χ3v) is 20.0. The number of anilines is 3. The van der Waals surface area contributed by atoms with Crippen molar-refractivity contribution in [2.24, 2.45) is 16.7 Å². The molecule has 5 N–H and O–H groups in total. The van der Waals surface area contributed by atoms with E-state index < -0.39 is 51.4 Å². The summed E-state index contributed by atoms with van der Waals surface area (Å²) in [5.74, 6) is -2.36. The quantitative estimate of drug-likeness (QED) is 0.0605. The molecule has 464 valence electrons. The number of piperidine rings is 1. The number of aliphatic hydroxyl groups excluding tert-OH is 1. The minimum atomic E-state index is -4.47. The van der Waals surface area contributed by atoms with Crippen molar-refractivity contribution in [2.45, 2.75) is 124 Å². The van der Waals surface area contributed by atoms with Gasteiger partial charge in [0, 0.05) is 86.2 Å². The Morgan fingerprint density at radius 1 is 0.798 bits per heavy atom. The molecule has 2 saturated heterocycles. The molecule has 23 heteroatoms. The highest BCUT2D eigenvalue weighted by atomic mass is 32.2. The Bertz CT molecular complexity index is 4070. The Morgan fingerprint density at radius 3 is 2.24 bits per heavy atom. The summed E-state index contributed by atoms with van der Waals surface area (Å²) in [7, 11) is -4.47. The van der Waals surface area contributed by atoms with Crippen LogP contribution in [0.2, 0.25) is 0 Å². The number of aliphatic hydroxyl groups is 1. The van der Waals surface area contributed by atoms with Gasteiger partial charge in [-0.25, -0.2) is 28.1 Å². The van der Waals surface area contributed by atoms with Gasteiger partial charge in [0.15, 0.2) is 5.13 Å². The number of pyridine rings is 1. The molecule has 3 atom stereocenters. The number of sulfonamides is 1. The van der Waals surface area contributed by atoms with Crippen LogP contribution in [0.15, 0.2) is 120 Å². The Balaban J connectivity index is 0.739. The van der Waals surface area contributed by atoms with Gasteiger partial charge in [-0.3, -0.25) is 34.0 Å². The van der Waals surface area contributed by atoms with Gasteiger partial charge in [0.05, 0.1) is 43.5 Å². The van der Waals surface area contributed by atoms with E-state index in [2.05, 4.69) is 61.4 Å². The van der Waals surface area contributed by atoms with E-state index in [-0.39, 0.29) is 53.2 Å². The van der Waals surface area contributed by atoms with E-state index >= 15 is 0 Å². The standard InChI is InChI=1S/C66H74N12O8S3/c1-39-57(87-38-68-39)43-18-16-41(17-19-43)33-67-61(82)53-32-46(79)35-77(53)63(84)58(66(6,7)8)72-59(80)44-27-29-75(30-28-44)45-20-22-47(23-21-45)89(85,86)74-62(83)56-48(50-34-69-78(40(50)2)37-65(3,4)5)24-25-55(71-56)76-31-26-42-12-11-13-49(51(42)36-76)60(81)73-64-70-52-14-9-10-15-54(52)88-64/h9-25,34,38,44,46,53,58,79H,26-33,35-37H2,1-8H3,(H,67,82)(H,72,80)(H,74,83)(H,70,73,81)/t46-,53+,58-/m1/s1. The van der Waals surface area contributed by atoms with Gasteiger partial charge >= 0.3 is 0 Å². The molecule has 89 heavy (non-hydrogen) atoms. The molecule has 2 fully saturated rings. The number of aromatic nitrogens is 5. The molecule has 0 radical (unpaired) electrons. The van der Waals surface area contributed by atoms with Crippen LogP contribution in [0.25, 0.3) is 31.8 Å². The van der Waals surface area contributed by atoms with Gasteiger partial charge in [-0.15, -0.1) is 11.3 Å². The zero-order chi connectivity index (χ0) is 63.1. The number of fused-ring (bicyclic) bond motifs is 2. The molecule has 4 aromatic carbocycles. The van der Waals surface area contributed by atoms with E-state index in [1.165, 1.54) is 28.4 Å². The summed E-state index contributed by atoms with van der Waals surface area (Å²) in [6, 6.07) is 29.1. The molecule has 0 bridgehead atoms. The topological polar surface area (TPSA) is 254 Å². The van der Waals surface area contributed by atoms with Gasteiger partial charge < -0.3 is 30.4 Å². The Morgan fingerprint density at radius 2 is 1.54 bits per heavy atom. The number of nitrogens with zero attached hydrogens (tertiary/aromatic N) is 8. The van der Waals surface area contributed by atoms with Crippen LogP contribution in [-0.2, 0) is 50.5 Å². The molecular formula is C66H74N12O8S3. The fourth-order valence-corrected chi connectivity index (χ4v) is 14.5. The molecule has 0 spiro atoms. The number of hydrogen-bond donors (Lipinski definition) is 5. The normalized spacial score (nSPS) is 16.9. The molecule has 5 amide bonds. The highest BCUT2D eigenvalue weighted by molar-refractivity contribution is 7.90. The largest absolute Gasteiger partial charge is 0.391 e. The number of likely N-dealkylation sites (tertiary alicyclic amines) is 1. The monoisotopic (exact) mass is 1260 g/mol. The number of carbonyl (C=O) groups excluding carboxylic acids is 5. The number of thiazole rings is 2. The van der Waals surface area contributed by atoms with Crippen LogP contribution in [0, 0.1) is 30.6 Å². The molecule has 7 heterocycles. The third kappa shape index (κ3) is 13.8. The molecular weight excluding hydrogens is 1190 g/mol. The highest BCUT2D eigenvalue weighted by Crippen LogP contribution is 2.35. The summed E-state index contributed by atoms with van der Waals surface area (Å²) in [4.78, 5) is 91.0. The molecule has 0 unspecified atom stereocenters. The Hall–Kier alpha value is -8.38. The lowest BCUT2D eigenvalue weighted by Gasteiger charge is -2.37. The third-order valence-electron chi connectivity index (χ3n) is 16.8. The first-order valence-electron chi connectivity index (χ1n) is 29.9. The van der Waals surface area contributed by atoms with E-state index in [4.69, 9.17) is 4.98 Å². The molecule has 20 nitrogen and oxygen atoms in total. The van der Waals surface area contributed by atoms with Gasteiger partial charge in [-0.1, -0.05) is 101 Å². The summed E-state index contributed by atoms with van der Waals surface area (Å²) >= 11 is 2.96. The number of para-hydroxylation sites is 1. The van der Waals surface area contributed by atoms with Crippen LogP contribution in [0.5, 0.6) is 0 Å². The number of benzene rings is 4. The van der Waals surface area contributed by atoms with E-state index in [1.54, 1.807) is 47.3 Å². The number of aryl methyl sites for hydroxylation is 1. The SMILES string of the molecule is Cc1ncsc1-c1ccc(CNC(=O)[C@@H]2C[C@@H](O)CN2C(=O)[C@@H](NC(=O)C2CCN(c3ccc(S(=O)(=O)NC(=O)c4nc(N5CCc6cccc(C(=O)Nc7nc8ccccc8s7)c6C5)ccc4-c4cnn(CC(C)(C)C)c4C)cc3)CC2)C(C)(C)C)cc1. The van der Waals surface area contributed by atoms with E-state index in [0.717, 1.165) is 54.4 Å². The van der Waals surface area contributed by atoms with Crippen molar-refractivity contribution in [3.05, 3.63) is 154 Å². The lowest BCUT2D eigenvalue weighted by molar-refractivity contribution is -0.144. The predicted molar refractivity (Wildman–Crippen MR) is 346 cm³/mol. The molecule has 0 aliphatic carbocycles. The Labute approximate surface area is 526 Å². The van der Waals surface area contributed by atoms with Crippen molar-refractivity contribution < 1.29 is 37.5 Å². The van der Waals surface area contributed by atoms with E-state index in [1.807, 2.05) is 111 Å². The molecule has 11 rings (SSSR count). The van der Waals surface area contributed by atoms with Gasteiger partial charge in [0.1, 0.15) is 23.6 Å². The molecule has 8 aromatic rings. The first kappa shape index (κ1) is 62.2. The van der Waals surface area contributed by atoms with Crippen LogP contribution in [0.4, 0.5) is 16.6 Å². The van der Waals surface area contributed by atoms with Crippen LogP contribution < -0.4 is 30.5 Å². The van der Waals surface area contributed by atoms with Gasteiger partial charge in [-0.05, 0) is 121 Å². The fraction of sp³-hybridized carbons (Fsp3) is 0.379. The second-order valence-electron chi connectivity index (χ2n) is 25.6. The van der Waals surface area contributed by atoms with Crippen molar-refractivity contribution in [3.8, 4) is 21.6 Å². The first-order chi connectivity index (χ1) is 42.4. The lowest BCUT2D eigenvalue weighted by atomic mass is 9.84. The second kappa shape index (κ2) is 25.2. The van der Waals surface area contributed by atoms with Crippen LogP contribution in [0.3, 0.4) is 0 Å². The van der Waals surface area contributed by atoms with Crippen molar-refractivity contribution in [1.82, 2.24) is 45.0 Å². The maximum absolute atomic E-state index is 14.6. The maximum atomic E-state index is 14.6. The van der Waals surface area contributed by atoms with Crippen LogP contribution in [0.1, 0.15) is 110 Å². The average Bonchev–Trinajstić information content (AvgIpc) is 1.87. The maximum Gasteiger partial charge on any atom is 0.284 e. The molecule has 0 saturated carbocycles. The summed E-state index contributed by atoms with van der Waals surface area (Å²) in [5, 5.41) is 24.9. The molecule has 3 aliphatic heterocycles. The number of nitrogens with one attached hydrogen (secondary N) is 4. The summed E-state index contributed by atoms with van der Waals surface area (Å²) in [6.45, 7) is 18.2. The number of carbonyl (C=O) groups is 5. The van der Waals surface area contributed by atoms with Gasteiger partial charge in [-0.2, -0.15) is 5.10 Å². The zero-order valence-corrected chi connectivity index (χ0v) is 53.6. The summed E-state index contributed by atoms with van der Waals surface area (Å²) in [5.41, 5.74) is 9.31. The lowest BCUT2D eigenvalue weighted by Crippen LogP contribution is -2.58. The van der Waals surface area contributed by atoms with Crippen LogP contribution in [-0.4, -0.2) is 117 Å². The smallest absolute Gasteiger partial charge is 0.284 e. The molecule has 3 aliphatic rings. The number of hydrogen-bond acceptors (Lipinski definition) is 16. The van der Waals surface area contributed by atoms with Gasteiger partial charge in [0.25, 0.3) is 21.8 Å². The second-order valence-corrected chi connectivity index (χ2v) is 29.1. The summed E-state index contributed by atoms with van der Waals surface area (Å²) < 4.78 is 33.6. The molecule has 4 aromatic heterocycles. The number of amides is 5. The zero-order valence-electron chi connectivity index (χ0n) is 51.2. The van der Waals surface area contributed by atoms with Gasteiger partial charge in [0.2, 0.25) is 17.7 Å². The van der Waals surface area contributed by atoms with E-state index in [9.17, 15) is 37.5 Å².